The summed E-state index contributed by atoms with van der Waals surface area (Å²) >= 11 is 0. The third kappa shape index (κ3) is 3.28. The first-order valence-corrected chi connectivity index (χ1v) is 7.70. The molecule has 0 amide bonds. The Hall–Kier alpha value is -2.18. The number of benzene rings is 1. The van der Waals surface area contributed by atoms with Crippen molar-refractivity contribution >= 4 is 5.82 Å². The fourth-order valence-electron chi connectivity index (χ4n) is 2.77. The van der Waals surface area contributed by atoms with Crippen LogP contribution in [0.4, 0.5) is 5.82 Å². The number of anilines is 1. The molecule has 1 aromatic carbocycles. The molecule has 1 fully saturated rings. The van der Waals surface area contributed by atoms with Gasteiger partial charge in [-0.2, -0.15) is 0 Å². The van der Waals surface area contributed by atoms with Crippen molar-refractivity contribution in [3.63, 3.8) is 0 Å². The molecule has 1 aromatic heterocycles. The lowest BCUT2D eigenvalue weighted by Gasteiger charge is -2.32. The van der Waals surface area contributed by atoms with E-state index < -0.39 is 0 Å². The van der Waals surface area contributed by atoms with Crippen LogP contribution in [-0.2, 0) is 4.74 Å². The maximum absolute atomic E-state index is 10.1. The summed E-state index contributed by atoms with van der Waals surface area (Å²) in [5.74, 6) is 0.974. The van der Waals surface area contributed by atoms with Crippen molar-refractivity contribution < 1.29 is 14.9 Å². The molecule has 0 bridgehead atoms. The molecule has 6 heteroatoms. The Morgan fingerprint density at radius 2 is 2.09 bits per heavy atom. The number of hydrogen-bond donors (Lipinski definition) is 2. The van der Waals surface area contributed by atoms with Crippen LogP contribution in [0.1, 0.15) is 11.1 Å². The van der Waals surface area contributed by atoms with Crippen molar-refractivity contribution in [2.24, 2.45) is 0 Å². The van der Waals surface area contributed by atoms with Crippen molar-refractivity contribution in [1.82, 2.24) is 10.2 Å². The number of rotatable bonds is 3. The number of aromatic hydroxyl groups is 1. The third-order valence-corrected chi connectivity index (χ3v) is 4.05. The second-order valence-corrected chi connectivity index (χ2v) is 5.88. The van der Waals surface area contributed by atoms with E-state index in [4.69, 9.17) is 4.74 Å². The van der Waals surface area contributed by atoms with Crippen LogP contribution in [0.15, 0.2) is 24.3 Å². The maximum Gasteiger partial charge on any atom is 0.151 e. The van der Waals surface area contributed by atoms with E-state index in [0.29, 0.717) is 24.4 Å². The van der Waals surface area contributed by atoms with Gasteiger partial charge in [0.1, 0.15) is 5.75 Å². The summed E-state index contributed by atoms with van der Waals surface area (Å²) in [5, 5.41) is 28.0. The molecule has 0 spiro atoms. The number of aryl methyl sites for hydroxylation is 2. The molecular weight excluding hydrogens is 294 g/mol. The summed E-state index contributed by atoms with van der Waals surface area (Å²) < 4.78 is 5.46. The number of nitrogens with zero attached hydrogens (tertiary/aromatic N) is 3. The van der Waals surface area contributed by atoms with Crippen LogP contribution < -0.4 is 4.90 Å². The highest BCUT2D eigenvalue weighted by atomic mass is 16.5. The number of hydrogen-bond acceptors (Lipinski definition) is 6. The zero-order valence-corrected chi connectivity index (χ0v) is 13.4. The second-order valence-electron chi connectivity index (χ2n) is 5.88. The van der Waals surface area contributed by atoms with Crippen LogP contribution in [0.25, 0.3) is 11.3 Å². The number of aliphatic hydroxyl groups excluding tert-OH is 1. The lowest BCUT2D eigenvalue weighted by molar-refractivity contribution is 0.00332. The van der Waals surface area contributed by atoms with Gasteiger partial charge in [-0.25, -0.2) is 0 Å². The standard InChI is InChI=1S/C17H21N3O3/c1-11-3-4-14(15(22)7-11)17-12(2)8-16(18-19-17)20-5-6-23-13(9-20)10-21/h3-4,7-8,13,21-22H,5-6,9-10H2,1-2H3/t13-/m0/s1. The second kappa shape index (κ2) is 6.52. The van der Waals surface area contributed by atoms with Crippen LogP contribution in [-0.4, -0.2) is 52.8 Å². The first-order valence-electron chi connectivity index (χ1n) is 7.70. The van der Waals surface area contributed by atoms with Crippen LogP contribution in [0.3, 0.4) is 0 Å². The molecule has 1 atom stereocenters. The van der Waals surface area contributed by atoms with Gasteiger partial charge in [0.15, 0.2) is 5.82 Å². The van der Waals surface area contributed by atoms with Gasteiger partial charge in [0, 0.05) is 18.7 Å². The van der Waals surface area contributed by atoms with Gasteiger partial charge in [0.05, 0.1) is 25.0 Å². The number of morpholine rings is 1. The molecule has 3 rings (SSSR count). The Kier molecular flexibility index (Phi) is 4.45. The van der Waals surface area contributed by atoms with Crippen LogP contribution in [0.5, 0.6) is 5.75 Å². The van der Waals surface area contributed by atoms with Gasteiger partial charge in [0.25, 0.3) is 0 Å². The molecule has 2 N–H and O–H groups in total. The molecule has 1 saturated heterocycles. The third-order valence-electron chi connectivity index (χ3n) is 4.05. The minimum Gasteiger partial charge on any atom is -0.507 e. The zero-order valence-electron chi connectivity index (χ0n) is 13.4. The monoisotopic (exact) mass is 315 g/mol. The van der Waals surface area contributed by atoms with Crippen LogP contribution >= 0.6 is 0 Å². The number of ether oxygens (including phenoxy) is 1. The van der Waals surface area contributed by atoms with Gasteiger partial charge < -0.3 is 19.8 Å². The van der Waals surface area contributed by atoms with E-state index in [0.717, 1.165) is 23.5 Å². The van der Waals surface area contributed by atoms with Crippen molar-refractivity contribution in [1.29, 1.82) is 0 Å². The number of aromatic nitrogens is 2. The molecule has 1 aliphatic rings. The van der Waals surface area contributed by atoms with Crippen molar-refractivity contribution in [2.45, 2.75) is 20.0 Å². The smallest absolute Gasteiger partial charge is 0.151 e. The Labute approximate surface area is 135 Å². The molecule has 0 radical (unpaired) electrons. The lowest BCUT2D eigenvalue weighted by atomic mass is 10.0. The van der Waals surface area contributed by atoms with Gasteiger partial charge in [-0.1, -0.05) is 6.07 Å². The predicted octanol–water partition coefficient (Wildman–Crippen LogP) is 1.66. The summed E-state index contributed by atoms with van der Waals surface area (Å²) in [6, 6.07) is 7.48. The summed E-state index contributed by atoms with van der Waals surface area (Å²) in [4.78, 5) is 2.06. The molecule has 1 aliphatic heterocycles. The minimum atomic E-state index is -0.188. The number of phenolic OH excluding ortho intramolecular Hbond substituents is 1. The zero-order chi connectivity index (χ0) is 16.4. The molecular formula is C17H21N3O3. The Morgan fingerprint density at radius 3 is 2.78 bits per heavy atom. The van der Waals surface area contributed by atoms with Gasteiger partial charge in [-0.3, -0.25) is 0 Å². The normalized spacial score (nSPS) is 18.2. The Bertz CT molecular complexity index is 705. The number of aliphatic hydroxyl groups is 1. The highest BCUT2D eigenvalue weighted by molar-refractivity contribution is 5.70. The van der Waals surface area contributed by atoms with Gasteiger partial charge in [0.2, 0.25) is 0 Å². The lowest BCUT2D eigenvalue weighted by Crippen LogP contribution is -2.44. The van der Waals surface area contributed by atoms with Crippen molar-refractivity contribution in [3.8, 4) is 17.0 Å². The summed E-state index contributed by atoms with van der Waals surface area (Å²) in [6.45, 7) is 5.77. The van der Waals surface area contributed by atoms with Crippen LogP contribution in [0.2, 0.25) is 0 Å². The maximum atomic E-state index is 10.1. The summed E-state index contributed by atoms with van der Waals surface area (Å²) in [6.07, 6.45) is -0.188. The van der Waals surface area contributed by atoms with Crippen molar-refractivity contribution in [2.75, 3.05) is 31.2 Å². The molecule has 2 heterocycles. The predicted molar refractivity (Wildman–Crippen MR) is 87.6 cm³/mol. The summed E-state index contributed by atoms with van der Waals surface area (Å²) in [7, 11) is 0. The van der Waals surface area contributed by atoms with E-state index >= 15 is 0 Å². The number of phenols is 1. The Balaban J connectivity index is 1.88. The molecule has 6 nitrogen and oxygen atoms in total. The molecule has 122 valence electrons. The topological polar surface area (TPSA) is 78.7 Å². The average Bonchev–Trinajstić information content (AvgIpc) is 2.55. The highest BCUT2D eigenvalue weighted by Gasteiger charge is 2.22. The first kappa shape index (κ1) is 15.7. The van der Waals surface area contributed by atoms with E-state index in [1.807, 2.05) is 32.0 Å². The van der Waals surface area contributed by atoms with Gasteiger partial charge in [-0.05, 0) is 43.2 Å². The molecule has 23 heavy (non-hydrogen) atoms. The van der Waals surface area contributed by atoms with E-state index in [-0.39, 0.29) is 18.5 Å². The molecule has 0 saturated carbocycles. The first-order chi connectivity index (χ1) is 11.1. The minimum absolute atomic E-state index is 0.00175. The average molecular weight is 315 g/mol. The molecule has 2 aromatic rings. The molecule has 0 aliphatic carbocycles. The van der Waals surface area contributed by atoms with E-state index in [1.165, 1.54) is 0 Å². The van der Waals surface area contributed by atoms with Gasteiger partial charge in [-0.15, -0.1) is 10.2 Å². The van der Waals surface area contributed by atoms with E-state index in [2.05, 4.69) is 15.1 Å². The van der Waals surface area contributed by atoms with E-state index in [1.54, 1.807) is 6.07 Å². The largest absolute Gasteiger partial charge is 0.507 e. The van der Waals surface area contributed by atoms with Gasteiger partial charge >= 0.3 is 0 Å². The highest BCUT2D eigenvalue weighted by Crippen LogP contribution is 2.31. The quantitative estimate of drug-likeness (QED) is 0.897. The van der Waals surface area contributed by atoms with E-state index in [9.17, 15) is 10.2 Å². The summed E-state index contributed by atoms with van der Waals surface area (Å²) in [5.41, 5.74) is 3.30. The van der Waals surface area contributed by atoms with Crippen LogP contribution in [0, 0.1) is 13.8 Å². The SMILES string of the molecule is Cc1ccc(-c2nnc(N3CCO[C@H](CO)C3)cc2C)c(O)c1. The fourth-order valence-corrected chi connectivity index (χ4v) is 2.77. The van der Waals surface area contributed by atoms with Crippen molar-refractivity contribution in [3.05, 3.63) is 35.4 Å². The fraction of sp³-hybridized carbons (Fsp3) is 0.412. The Morgan fingerprint density at radius 1 is 1.26 bits per heavy atom. The molecule has 0 unspecified atom stereocenters.